The summed E-state index contributed by atoms with van der Waals surface area (Å²) in [6.07, 6.45) is 111. The van der Waals surface area contributed by atoms with Crippen molar-refractivity contribution in [3.05, 3.63) is 292 Å². The number of carboxylic acids is 5. The molecule has 1 saturated carbocycles. The van der Waals surface area contributed by atoms with Gasteiger partial charge in [-0.1, -0.05) is 340 Å². The molecule has 13 N–H and O–H groups in total. The monoisotopic (exact) mass is 1680 g/mol. The molecule has 0 saturated heterocycles. The van der Waals surface area contributed by atoms with Crippen molar-refractivity contribution in [1.82, 2.24) is 0 Å². The molecule has 5 unspecified atom stereocenters. The molecule has 0 radical (unpaired) electrons. The van der Waals surface area contributed by atoms with E-state index >= 15 is 0 Å². The zero-order chi connectivity index (χ0) is 90.5. The number of aliphatic hydroxyl groups excluding tert-OH is 7. The lowest BCUT2D eigenvalue weighted by Crippen LogP contribution is -2.08. The highest BCUT2D eigenvalue weighted by Gasteiger charge is 2.33. The Labute approximate surface area is 726 Å². The van der Waals surface area contributed by atoms with Gasteiger partial charge in [0.15, 0.2) is 0 Å². The van der Waals surface area contributed by atoms with Gasteiger partial charge in [0, 0.05) is 32.1 Å². The van der Waals surface area contributed by atoms with E-state index in [1.807, 2.05) is 107 Å². The van der Waals surface area contributed by atoms with E-state index in [2.05, 4.69) is 146 Å². The molecule has 1 fully saturated rings. The maximum atomic E-state index is 10.5. The predicted octanol–water partition coefficient (Wildman–Crippen LogP) is 22.6. The average Bonchev–Trinajstić information content (AvgIpc) is 1.70. The highest BCUT2D eigenvalue weighted by molar-refractivity contribution is 5.67. The molecule has 1 aliphatic rings. The Morgan fingerprint density at radius 1 is 0.306 bits per heavy atom. The van der Waals surface area contributed by atoms with Crippen LogP contribution in [0.5, 0.6) is 0 Å². The molecule has 0 aliphatic heterocycles. The second-order valence-corrected chi connectivity index (χ2v) is 28.6. The summed E-state index contributed by atoms with van der Waals surface area (Å²) >= 11 is 0. The molecule has 676 valence electrons. The SMILES string of the molecule is CCC(C)/C=C/C=C\C\C=C/C=C/C=C/[C@@H]1C[C@H]1CCCC(=O)O.CCC(O)/C=C/C=C\C/C=C\C/C=C\C/C=C\CCCC(=O)O.CCC(O)/C=C/C=C\C/C=C\C/C=C\C=C\[C@H](CCCC(=O)O)OO.CCC(O)/C=C/C=C\C/C=C\C/C=C\CC[C@@H](O)CCCC(=O)O.CCC(O)/C=C/C=C\C[C@@H](O)/C=C/C=C/C=C/[C@@H](O)CCCC(=O)O. The summed E-state index contributed by atoms with van der Waals surface area (Å²) in [4.78, 5) is 56.2. The summed E-state index contributed by atoms with van der Waals surface area (Å²) in [7, 11) is 0. The van der Waals surface area contributed by atoms with Crippen LogP contribution in [0.3, 0.4) is 0 Å². The molecule has 19 heteroatoms. The van der Waals surface area contributed by atoms with Crippen LogP contribution in [0, 0.1) is 17.8 Å². The van der Waals surface area contributed by atoms with Crippen LogP contribution in [0.1, 0.15) is 247 Å². The van der Waals surface area contributed by atoms with E-state index in [1.165, 1.54) is 12.8 Å². The number of carboxylic acid groups (broad SMARTS) is 5. The van der Waals surface area contributed by atoms with Crippen LogP contribution >= 0.6 is 0 Å². The molecule has 0 amide bonds. The molecule has 0 aromatic carbocycles. The van der Waals surface area contributed by atoms with E-state index in [0.29, 0.717) is 88.4 Å². The van der Waals surface area contributed by atoms with Gasteiger partial charge >= 0.3 is 29.8 Å². The van der Waals surface area contributed by atoms with E-state index in [4.69, 9.17) is 30.8 Å². The predicted molar refractivity (Wildman–Crippen MR) is 499 cm³/mol. The zero-order valence-electron chi connectivity index (χ0n) is 73.5. The van der Waals surface area contributed by atoms with Crippen LogP contribution in [0.4, 0.5) is 0 Å². The molecule has 0 bridgehead atoms. The van der Waals surface area contributed by atoms with Crippen molar-refractivity contribution >= 4 is 29.8 Å². The lowest BCUT2D eigenvalue weighted by atomic mass is 10.1. The highest BCUT2D eigenvalue weighted by atomic mass is 17.1. The second kappa shape index (κ2) is 93.0. The zero-order valence-corrected chi connectivity index (χ0v) is 73.5. The van der Waals surface area contributed by atoms with Gasteiger partial charge in [-0.05, 0) is 185 Å². The summed E-state index contributed by atoms with van der Waals surface area (Å²) in [5, 5.41) is 118. The molecule has 121 heavy (non-hydrogen) atoms. The Balaban J connectivity index is -0.000000707. The quantitative estimate of drug-likeness (QED) is 0.00884. The van der Waals surface area contributed by atoms with Crippen LogP contribution in [-0.2, 0) is 28.9 Å². The van der Waals surface area contributed by atoms with Crippen LogP contribution < -0.4 is 0 Å². The van der Waals surface area contributed by atoms with E-state index in [0.717, 1.165) is 96.3 Å². The number of carbonyl (C=O) groups is 5. The number of hydrogen-bond donors (Lipinski definition) is 13. The minimum absolute atomic E-state index is 0.0603. The number of hydrogen-bond acceptors (Lipinski definition) is 14. The normalized spacial score (nSPS) is 16.8. The minimum atomic E-state index is -0.857. The number of aliphatic hydroxyl groups is 7. The van der Waals surface area contributed by atoms with E-state index in [-0.39, 0.29) is 44.0 Å². The highest BCUT2D eigenvalue weighted by Crippen LogP contribution is 2.43. The Hall–Kier alpha value is -9.25. The molecular weight excluding hydrogens is 1530 g/mol. The number of allylic oxidation sites excluding steroid dienone is 40. The fourth-order valence-corrected chi connectivity index (χ4v) is 9.73. The first-order valence-electron chi connectivity index (χ1n) is 43.5. The molecule has 11 atom stereocenters. The Morgan fingerprint density at radius 2 is 0.620 bits per heavy atom. The third-order valence-electron chi connectivity index (χ3n) is 17.5. The lowest BCUT2D eigenvalue weighted by Gasteiger charge is -2.07. The Morgan fingerprint density at radius 3 is 1.04 bits per heavy atom. The van der Waals surface area contributed by atoms with Crippen molar-refractivity contribution in [3.63, 3.8) is 0 Å². The van der Waals surface area contributed by atoms with Gasteiger partial charge in [0.25, 0.3) is 0 Å². The molecule has 0 spiro atoms. The van der Waals surface area contributed by atoms with Gasteiger partial charge in [0.1, 0.15) is 6.10 Å². The Bertz CT molecular complexity index is 3310. The molecular formula is C102H154O19. The maximum Gasteiger partial charge on any atom is 0.303 e. The first-order valence-corrected chi connectivity index (χ1v) is 43.5. The van der Waals surface area contributed by atoms with Crippen molar-refractivity contribution in [1.29, 1.82) is 0 Å². The smallest absolute Gasteiger partial charge is 0.303 e. The van der Waals surface area contributed by atoms with Gasteiger partial charge in [-0.2, -0.15) is 0 Å². The minimum Gasteiger partial charge on any atom is -0.481 e. The summed E-state index contributed by atoms with van der Waals surface area (Å²) < 4.78 is 0. The third kappa shape index (κ3) is 103. The third-order valence-corrected chi connectivity index (χ3v) is 17.5. The fourth-order valence-electron chi connectivity index (χ4n) is 9.73. The average molecular weight is 1680 g/mol. The second-order valence-electron chi connectivity index (χ2n) is 28.6. The largest absolute Gasteiger partial charge is 0.481 e. The van der Waals surface area contributed by atoms with Gasteiger partial charge in [0.05, 0.1) is 42.7 Å². The number of aliphatic carboxylic acids is 5. The number of rotatable bonds is 66. The first kappa shape index (κ1) is 118. The van der Waals surface area contributed by atoms with Crippen LogP contribution in [0.2, 0.25) is 0 Å². The fraction of sp³-hybridized carbons (Fsp3) is 0.480. The van der Waals surface area contributed by atoms with Gasteiger partial charge in [-0.15, -0.1) is 0 Å². The van der Waals surface area contributed by atoms with Crippen molar-refractivity contribution in [3.8, 4) is 0 Å². The molecule has 19 nitrogen and oxygen atoms in total. The van der Waals surface area contributed by atoms with Gasteiger partial charge < -0.3 is 61.3 Å². The van der Waals surface area contributed by atoms with Crippen LogP contribution in [-0.4, -0.2) is 145 Å². The van der Waals surface area contributed by atoms with Gasteiger partial charge in [-0.3, -0.25) is 29.2 Å². The summed E-state index contributed by atoms with van der Waals surface area (Å²) in [6.45, 7) is 12.1. The first-order chi connectivity index (χ1) is 58.4. The maximum absolute atomic E-state index is 10.5. The van der Waals surface area contributed by atoms with E-state index in [1.54, 1.807) is 85.1 Å². The summed E-state index contributed by atoms with van der Waals surface area (Å²) in [6, 6.07) is 0. The summed E-state index contributed by atoms with van der Waals surface area (Å²) in [5.74, 6) is -1.90. The molecule has 0 heterocycles. The van der Waals surface area contributed by atoms with Crippen molar-refractivity contribution in [2.24, 2.45) is 17.8 Å². The van der Waals surface area contributed by atoms with E-state index in [9.17, 15) is 59.7 Å². The lowest BCUT2D eigenvalue weighted by molar-refractivity contribution is -0.267. The standard InChI is InChI=1S/C22H32O2.2C20H30O5.C20H32O4.C20H30O3/c1-3-19(2)14-11-9-7-5-4-6-8-10-12-15-20-18-21(20)16-13-17-22(23)24;1-2-17(21)11-8-5-9-14-18(22)12-6-3-4-7-13-19(23)15-10-16-20(24)25;1-2-18(21)14-11-9-7-5-3-4-6-8-10-12-15-19(25-24)16-13-17-20(22)23;1-2-18(21)14-11-9-7-5-3-4-6-8-10-12-15-19(22)16-13-17-20(23)24;1-2-19(21)17-15-13-11-9-7-5-3-4-6-8-10-12-14-16-18-20(22)23/h4,6-12,14-15,19-21H,3,5,13,16-18H2,1-2H3,(H,23,24);3-9,11-13,17-19,21-23H,2,10,14-16H2,1H3,(H,24,25);3-4,7-12,14-15,18-19,21,24H,2,5-6,13,16-17H2,1H3,(H,22,23);3-4,7-11,14,18-19,21-22H,2,5-6,12-13,15-17H2,1H3,(H,23,24);4-7,10-13,15,17,19,21H,2-3,8-9,14,16,18H2,1H3,(H,22,23)/b6-4-,9-7-,10-8+,14-11+,15-12+;4-3+,9-5-,11-8+,12-6+,13-7+;4-3-,9-7-,10-8-,14-11+,15-12+;4-3-,9-7-,10-8-,14-11+;6-4-,7-5-,12-10-,13-11-,17-15+/t19?,20-,21-;17?,18-,19+;2*18?,19-;/m1011./s1. The van der Waals surface area contributed by atoms with Crippen molar-refractivity contribution in [2.45, 2.75) is 296 Å². The topological polar surface area (TPSA) is 358 Å². The van der Waals surface area contributed by atoms with Gasteiger partial charge in [0.2, 0.25) is 0 Å². The molecule has 1 rings (SSSR count). The van der Waals surface area contributed by atoms with Crippen LogP contribution in [0.25, 0.3) is 0 Å². The van der Waals surface area contributed by atoms with Crippen molar-refractivity contribution in [2.75, 3.05) is 0 Å². The van der Waals surface area contributed by atoms with E-state index < -0.39 is 60.4 Å². The van der Waals surface area contributed by atoms with Crippen LogP contribution in [0.15, 0.2) is 292 Å². The Kier molecular flexibility index (Phi) is 90.8. The summed E-state index contributed by atoms with van der Waals surface area (Å²) in [5.41, 5.74) is 0. The van der Waals surface area contributed by atoms with Gasteiger partial charge in [-0.25, -0.2) is 4.89 Å². The molecule has 0 aromatic rings. The molecule has 0 aromatic heterocycles. The molecule has 1 aliphatic carbocycles. The number of unbranched alkanes of at least 4 members (excludes halogenated alkanes) is 1. The van der Waals surface area contributed by atoms with Crippen molar-refractivity contribution < 1.29 is 95.4 Å².